The van der Waals surface area contributed by atoms with Crippen molar-refractivity contribution in [2.45, 2.75) is 43.9 Å². The standard InChI is InChI=1S/C18H24BrN/c1-20-12-17-7-13-5-14(8-17)10-18(9-13,11-17)15-3-2-4-16(19)6-15/h2-4,6,13-14,20H,5,7-12H2,1H3. The molecule has 4 fully saturated rings. The summed E-state index contributed by atoms with van der Waals surface area (Å²) >= 11 is 3.67. The van der Waals surface area contributed by atoms with Crippen molar-refractivity contribution in [3.8, 4) is 0 Å². The third-order valence-corrected chi connectivity index (χ3v) is 6.66. The Morgan fingerprint density at radius 3 is 2.60 bits per heavy atom. The van der Waals surface area contributed by atoms with Crippen LogP contribution >= 0.6 is 15.9 Å². The quantitative estimate of drug-likeness (QED) is 0.858. The van der Waals surface area contributed by atoms with Crippen LogP contribution in [0.5, 0.6) is 0 Å². The summed E-state index contributed by atoms with van der Waals surface area (Å²) < 4.78 is 1.24. The summed E-state index contributed by atoms with van der Waals surface area (Å²) in [4.78, 5) is 0. The molecule has 5 rings (SSSR count). The first-order valence-electron chi connectivity index (χ1n) is 8.04. The zero-order valence-corrected chi connectivity index (χ0v) is 13.9. The Morgan fingerprint density at radius 1 is 1.20 bits per heavy atom. The van der Waals surface area contributed by atoms with Crippen molar-refractivity contribution in [1.82, 2.24) is 5.32 Å². The van der Waals surface area contributed by atoms with Gasteiger partial charge in [0.15, 0.2) is 0 Å². The average molecular weight is 334 g/mol. The monoisotopic (exact) mass is 333 g/mol. The molecular formula is C18H24BrN. The van der Waals surface area contributed by atoms with Gasteiger partial charge in [-0.15, -0.1) is 0 Å². The predicted molar refractivity (Wildman–Crippen MR) is 86.9 cm³/mol. The molecule has 2 atom stereocenters. The molecule has 4 aliphatic rings. The molecule has 1 nitrogen and oxygen atoms in total. The van der Waals surface area contributed by atoms with Crippen LogP contribution in [0.25, 0.3) is 0 Å². The summed E-state index contributed by atoms with van der Waals surface area (Å²) in [5.74, 6) is 1.95. The van der Waals surface area contributed by atoms with E-state index < -0.39 is 0 Å². The molecule has 0 heterocycles. The van der Waals surface area contributed by atoms with Crippen LogP contribution in [0.1, 0.15) is 44.1 Å². The Morgan fingerprint density at radius 2 is 1.95 bits per heavy atom. The summed E-state index contributed by atoms with van der Waals surface area (Å²) in [5, 5.41) is 3.50. The minimum absolute atomic E-state index is 0.477. The maximum Gasteiger partial charge on any atom is 0.0178 e. The Balaban J connectivity index is 1.75. The fourth-order valence-electron chi connectivity index (χ4n) is 6.19. The van der Waals surface area contributed by atoms with E-state index in [0.29, 0.717) is 10.8 Å². The highest BCUT2D eigenvalue weighted by atomic mass is 79.9. The number of nitrogens with one attached hydrogen (secondary N) is 1. The van der Waals surface area contributed by atoms with E-state index >= 15 is 0 Å². The SMILES string of the molecule is CNCC12CC3CC(C1)CC(c1cccc(Br)c1)(C3)C2. The van der Waals surface area contributed by atoms with Crippen LogP contribution in [0, 0.1) is 17.3 Å². The van der Waals surface area contributed by atoms with Gasteiger partial charge in [0.1, 0.15) is 0 Å². The van der Waals surface area contributed by atoms with Gasteiger partial charge in [-0.05, 0) is 85.9 Å². The zero-order chi connectivity index (χ0) is 13.8. The zero-order valence-electron chi connectivity index (χ0n) is 12.3. The Labute approximate surface area is 130 Å². The van der Waals surface area contributed by atoms with Crippen molar-refractivity contribution in [2.24, 2.45) is 17.3 Å². The maximum atomic E-state index is 3.67. The highest BCUT2D eigenvalue weighted by molar-refractivity contribution is 9.10. The van der Waals surface area contributed by atoms with Crippen LogP contribution < -0.4 is 5.32 Å². The molecule has 0 aromatic heterocycles. The third-order valence-electron chi connectivity index (χ3n) is 6.17. The van der Waals surface area contributed by atoms with E-state index in [1.54, 1.807) is 5.56 Å². The van der Waals surface area contributed by atoms with Crippen LogP contribution in [0.4, 0.5) is 0 Å². The second-order valence-electron chi connectivity index (χ2n) is 7.78. The van der Waals surface area contributed by atoms with E-state index in [1.165, 1.54) is 49.5 Å². The van der Waals surface area contributed by atoms with Gasteiger partial charge >= 0.3 is 0 Å². The van der Waals surface area contributed by atoms with Crippen LogP contribution in [0.3, 0.4) is 0 Å². The Bertz CT molecular complexity index is 510. The van der Waals surface area contributed by atoms with E-state index in [4.69, 9.17) is 0 Å². The van der Waals surface area contributed by atoms with Crippen LogP contribution in [-0.2, 0) is 5.41 Å². The summed E-state index contributed by atoms with van der Waals surface area (Å²) in [5.41, 5.74) is 2.66. The van der Waals surface area contributed by atoms with Crippen LogP contribution in [0.2, 0.25) is 0 Å². The van der Waals surface area contributed by atoms with E-state index in [-0.39, 0.29) is 0 Å². The third kappa shape index (κ3) is 1.99. The van der Waals surface area contributed by atoms with E-state index in [0.717, 1.165) is 11.8 Å². The van der Waals surface area contributed by atoms with Gasteiger partial charge < -0.3 is 5.32 Å². The number of rotatable bonds is 3. The molecule has 4 aliphatic carbocycles. The minimum atomic E-state index is 0.477. The second-order valence-corrected chi connectivity index (χ2v) is 8.70. The van der Waals surface area contributed by atoms with E-state index in [1.807, 2.05) is 0 Å². The molecule has 0 spiro atoms. The minimum Gasteiger partial charge on any atom is -0.319 e. The Kier molecular flexibility index (Phi) is 3.05. The van der Waals surface area contributed by atoms with E-state index in [9.17, 15) is 0 Å². The van der Waals surface area contributed by atoms with Crippen molar-refractivity contribution in [1.29, 1.82) is 0 Å². The van der Waals surface area contributed by atoms with Crippen molar-refractivity contribution in [3.05, 3.63) is 34.3 Å². The van der Waals surface area contributed by atoms with Crippen molar-refractivity contribution < 1.29 is 0 Å². The molecule has 4 saturated carbocycles. The lowest BCUT2D eigenvalue weighted by Gasteiger charge is -2.62. The van der Waals surface area contributed by atoms with Gasteiger partial charge in [0.05, 0.1) is 0 Å². The van der Waals surface area contributed by atoms with Crippen molar-refractivity contribution in [3.63, 3.8) is 0 Å². The molecule has 1 aromatic carbocycles. The molecule has 0 amide bonds. The summed E-state index contributed by atoms with van der Waals surface area (Å²) in [6.07, 6.45) is 8.72. The van der Waals surface area contributed by atoms with Gasteiger partial charge in [0, 0.05) is 11.0 Å². The van der Waals surface area contributed by atoms with Gasteiger partial charge in [0.25, 0.3) is 0 Å². The molecule has 0 radical (unpaired) electrons. The van der Waals surface area contributed by atoms with Gasteiger partial charge in [-0.2, -0.15) is 0 Å². The number of halogens is 1. The number of benzene rings is 1. The lowest BCUT2D eigenvalue weighted by atomic mass is 9.43. The first-order chi connectivity index (χ1) is 9.63. The summed E-state index contributed by atoms with van der Waals surface area (Å²) in [6, 6.07) is 9.15. The number of hydrogen-bond donors (Lipinski definition) is 1. The normalized spacial score (nSPS) is 42.1. The molecule has 4 bridgehead atoms. The molecule has 2 heteroatoms. The lowest BCUT2D eigenvalue weighted by Crippen LogP contribution is -2.56. The fourth-order valence-corrected chi connectivity index (χ4v) is 6.59. The molecule has 20 heavy (non-hydrogen) atoms. The van der Waals surface area contributed by atoms with Crippen LogP contribution in [0.15, 0.2) is 28.7 Å². The molecule has 1 N–H and O–H groups in total. The molecule has 1 aromatic rings. The predicted octanol–water partition coefficient (Wildman–Crippen LogP) is 4.51. The van der Waals surface area contributed by atoms with Gasteiger partial charge in [0.2, 0.25) is 0 Å². The smallest absolute Gasteiger partial charge is 0.0178 e. The first kappa shape index (κ1) is 13.3. The maximum absolute atomic E-state index is 3.67. The van der Waals surface area contributed by atoms with E-state index in [2.05, 4.69) is 52.6 Å². The first-order valence-corrected chi connectivity index (χ1v) is 8.83. The molecule has 0 saturated heterocycles. The summed E-state index contributed by atoms with van der Waals surface area (Å²) in [7, 11) is 2.13. The molecular weight excluding hydrogens is 310 g/mol. The van der Waals surface area contributed by atoms with Crippen molar-refractivity contribution >= 4 is 15.9 Å². The highest BCUT2D eigenvalue weighted by Gasteiger charge is 2.57. The van der Waals surface area contributed by atoms with Gasteiger partial charge in [-0.1, -0.05) is 28.1 Å². The molecule has 108 valence electrons. The second kappa shape index (κ2) is 4.58. The lowest BCUT2D eigenvalue weighted by molar-refractivity contribution is -0.0699. The van der Waals surface area contributed by atoms with Gasteiger partial charge in [-0.25, -0.2) is 0 Å². The van der Waals surface area contributed by atoms with Crippen LogP contribution in [-0.4, -0.2) is 13.6 Å². The largest absolute Gasteiger partial charge is 0.319 e. The topological polar surface area (TPSA) is 12.0 Å². The molecule has 0 aliphatic heterocycles. The molecule has 2 unspecified atom stereocenters. The average Bonchev–Trinajstić information content (AvgIpc) is 2.37. The van der Waals surface area contributed by atoms with Gasteiger partial charge in [-0.3, -0.25) is 0 Å². The number of hydrogen-bond acceptors (Lipinski definition) is 1. The Hall–Kier alpha value is -0.340. The summed E-state index contributed by atoms with van der Waals surface area (Å²) in [6.45, 7) is 1.22. The fraction of sp³-hybridized carbons (Fsp3) is 0.667. The highest BCUT2D eigenvalue weighted by Crippen LogP contribution is 2.65. The van der Waals surface area contributed by atoms with Crippen molar-refractivity contribution in [2.75, 3.05) is 13.6 Å².